The van der Waals surface area contributed by atoms with Crippen LogP contribution in [0, 0.1) is 5.82 Å². The largest absolute Gasteiger partial charge is 0.481 e. The lowest BCUT2D eigenvalue weighted by molar-refractivity contribution is 0.102. The van der Waals surface area contributed by atoms with Gasteiger partial charge in [-0.2, -0.15) is 0 Å². The number of aliphatic hydroxyl groups excluding tert-OH is 1. The molecule has 3 rings (SSSR count). The van der Waals surface area contributed by atoms with Crippen molar-refractivity contribution >= 4 is 0 Å². The number of hydrogen-bond donors (Lipinski definition) is 1. The highest BCUT2D eigenvalue weighted by Crippen LogP contribution is 2.26. The number of β-amino-alcohol motifs (C(OH)–C–C–N with tert-alkyl or cyclic N) is 1. The molecule has 22 heavy (non-hydrogen) atoms. The van der Waals surface area contributed by atoms with Crippen molar-refractivity contribution in [1.82, 2.24) is 14.9 Å². The molecule has 1 aromatic carbocycles. The topological polar surface area (TPSA) is 58.5 Å². The number of hydrogen-bond acceptors (Lipinski definition) is 5. The zero-order chi connectivity index (χ0) is 15.5. The number of aromatic nitrogens is 2. The molecule has 0 bridgehead atoms. The van der Waals surface area contributed by atoms with Crippen LogP contribution < -0.4 is 4.74 Å². The number of aliphatic hydroxyl groups is 1. The zero-order valence-electron chi connectivity index (χ0n) is 12.4. The highest BCUT2D eigenvalue weighted by molar-refractivity contribution is 5.31. The number of methoxy groups -OCH3 is 1. The Morgan fingerprint density at radius 1 is 1.36 bits per heavy atom. The molecule has 0 saturated carbocycles. The second kappa shape index (κ2) is 6.37. The number of ether oxygens (including phenoxy) is 1. The van der Waals surface area contributed by atoms with Gasteiger partial charge in [0, 0.05) is 37.2 Å². The third kappa shape index (κ3) is 2.93. The Bertz CT molecular complexity index is 651. The molecule has 1 atom stereocenters. The molecule has 0 aliphatic carbocycles. The first-order valence-electron chi connectivity index (χ1n) is 7.20. The molecule has 116 valence electrons. The lowest BCUT2D eigenvalue weighted by atomic mass is 10.0. The summed E-state index contributed by atoms with van der Waals surface area (Å²) in [5, 5.41) is 10.3. The first kappa shape index (κ1) is 14.9. The second-order valence-electron chi connectivity index (χ2n) is 5.33. The van der Waals surface area contributed by atoms with Gasteiger partial charge in [-0.15, -0.1) is 0 Å². The first-order valence-corrected chi connectivity index (χ1v) is 7.20. The quantitative estimate of drug-likeness (QED) is 0.932. The Morgan fingerprint density at radius 3 is 2.95 bits per heavy atom. The monoisotopic (exact) mass is 303 g/mol. The van der Waals surface area contributed by atoms with Gasteiger partial charge < -0.3 is 9.84 Å². The molecule has 2 aromatic rings. The predicted octanol–water partition coefficient (Wildman–Crippen LogP) is 1.72. The van der Waals surface area contributed by atoms with E-state index in [1.165, 1.54) is 12.4 Å². The normalized spacial score (nSPS) is 16.1. The van der Waals surface area contributed by atoms with Crippen LogP contribution in [-0.2, 0) is 13.0 Å². The van der Waals surface area contributed by atoms with E-state index < -0.39 is 6.10 Å². The van der Waals surface area contributed by atoms with Gasteiger partial charge in [-0.1, -0.05) is 18.2 Å². The molecule has 0 unspecified atom stereocenters. The maximum atomic E-state index is 13.7. The molecular formula is C16H18FN3O2. The minimum absolute atomic E-state index is 0.324. The van der Waals surface area contributed by atoms with Crippen LogP contribution in [0.4, 0.5) is 4.39 Å². The van der Waals surface area contributed by atoms with Gasteiger partial charge in [0.2, 0.25) is 5.88 Å². The summed E-state index contributed by atoms with van der Waals surface area (Å²) in [7, 11) is 1.58. The van der Waals surface area contributed by atoms with Gasteiger partial charge in [0.05, 0.1) is 18.9 Å². The molecule has 0 amide bonds. The molecule has 0 spiro atoms. The highest BCUT2D eigenvalue weighted by Gasteiger charge is 2.24. The molecule has 1 aromatic heterocycles. The number of benzene rings is 1. The van der Waals surface area contributed by atoms with Crippen LogP contribution in [0.25, 0.3) is 0 Å². The third-order valence-electron chi connectivity index (χ3n) is 3.93. The standard InChI is InChI=1S/C16H18FN3O2/c1-22-16-12-8-20(7-6-14(12)18-10-19-16)9-15(21)11-4-2-3-5-13(11)17/h2-5,10,15,21H,6-9H2,1H3/t15-/m0/s1. The van der Waals surface area contributed by atoms with Crippen LogP contribution in [0.2, 0.25) is 0 Å². The van der Waals surface area contributed by atoms with Crippen LogP contribution in [-0.4, -0.2) is 40.2 Å². The lowest BCUT2D eigenvalue weighted by Crippen LogP contribution is -2.35. The molecular weight excluding hydrogens is 285 g/mol. The molecule has 1 N–H and O–H groups in total. The SMILES string of the molecule is COc1ncnc2c1CN(C[C@H](O)c1ccccc1F)CC2. The number of rotatable bonds is 4. The molecule has 5 nitrogen and oxygen atoms in total. The van der Waals surface area contributed by atoms with Crippen LogP contribution in [0.15, 0.2) is 30.6 Å². The Labute approximate surface area is 128 Å². The van der Waals surface area contributed by atoms with E-state index in [0.717, 1.165) is 24.2 Å². The predicted molar refractivity (Wildman–Crippen MR) is 78.9 cm³/mol. The van der Waals surface area contributed by atoms with Crippen molar-refractivity contribution < 1.29 is 14.2 Å². The maximum absolute atomic E-state index is 13.7. The fourth-order valence-electron chi connectivity index (χ4n) is 2.79. The summed E-state index contributed by atoms with van der Waals surface area (Å²) < 4.78 is 19.0. The van der Waals surface area contributed by atoms with Gasteiger partial charge >= 0.3 is 0 Å². The molecule has 0 saturated heterocycles. The van der Waals surface area contributed by atoms with Gasteiger partial charge in [0.1, 0.15) is 12.1 Å². The Hall–Kier alpha value is -2.05. The third-order valence-corrected chi connectivity index (χ3v) is 3.93. The van der Waals surface area contributed by atoms with Crippen LogP contribution in [0.5, 0.6) is 5.88 Å². The summed E-state index contributed by atoms with van der Waals surface area (Å²) in [6.45, 7) is 1.71. The van der Waals surface area contributed by atoms with E-state index in [9.17, 15) is 9.50 Å². The molecule has 1 aliphatic rings. The average Bonchev–Trinajstić information content (AvgIpc) is 2.54. The van der Waals surface area contributed by atoms with Crippen LogP contribution in [0.3, 0.4) is 0 Å². The molecule has 0 fully saturated rings. The van der Waals surface area contributed by atoms with Gasteiger partial charge in [-0.05, 0) is 6.07 Å². The van der Waals surface area contributed by atoms with Gasteiger partial charge in [-0.25, -0.2) is 14.4 Å². The Morgan fingerprint density at radius 2 is 2.18 bits per heavy atom. The molecule has 2 heterocycles. The summed E-state index contributed by atoms with van der Waals surface area (Å²) >= 11 is 0. The summed E-state index contributed by atoms with van der Waals surface area (Å²) in [5.74, 6) is 0.184. The Balaban J connectivity index is 1.74. The fourth-order valence-corrected chi connectivity index (χ4v) is 2.79. The van der Waals surface area contributed by atoms with Crippen LogP contribution >= 0.6 is 0 Å². The number of fused-ring (bicyclic) bond motifs is 1. The summed E-state index contributed by atoms with van der Waals surface area (Å²) in [4.78, 5) is 10.4. The molecule has 6 heteroatoms. The van der Waals surface area contributed by atoms with E-state index in [1.54, 1.807) is 25.3 Å². The van der Waals surface area contributed by atoms with E-state index in [1.807, 2.05) is 0 Å². The minimum Gasteiger partial charge on any atom is -0.481 e. The van der Waals surface area contributed by atoms with Crippen molar-refractivity contribution in [3.63, 3.8) is 0 Å². The maximum Gasteiger partial charge on any atom is 0.220 e. The van der Waals surface area contributed by atoms with Crippen molar-refractivity contribution in [3.8, 4) is 5.88 Å². The van der Waals surface area contributed by atoms with Crippen molar-refractivity contribution in [2.24, 2.45) is 0 Å². The second-order valence-corrected chi connectivity index (χ2v) is 5.33. The van der Waals surface area contributed by atoms with E-state index >= 15 is 0 Å². The van der Waals surface area contributed by atoms with Gasteiger partial charge in [0.25, 0.3) is 0 Å². The molecule has 1 aliphatic heterocycles. The Kier molecular flexibility index (Phi) is 4.31. The van der Waals surface area contributed by atoms with E-state index in [2.05, 4.69) is 14.9 Å². The first-order chi connectivity index (χ1) is 10.7. The van der Waals surface area contributed by atoms with Gasteiger partial charge in [0.15, 0.2) is 0 Å². The van der Waals surface area contributed by atoms with Crippen molar-refractivity contribution in [3.05, 3.63) is 53.2 Å². The van der Waals surface area contributed by atoms with Crippen molar-refractivity contribution in [2.75, 3.05) is 20.2 Å². The summed E-state index contributed by atoms with van der Waals surface area (Å²) in [6, 6.07) is 6.32. The van der Waals surface area contributed by atoms with Crippen molar-refractivity contribution in [1.29, 1.82) is 0 Å². The highest BCUT2D eigenvalue weighted by atomic mass is 19.1. The smallest absolute Gasteiger partial charge is 0.220 e. The zero-order valence-corrected chi connectivity index (χ0v) is 12.4. The van der Waals surface area contributed by atoms with Crippen LogP contribution in [0.1, 0.15) is 22.9 Å². The minimum atomic E-state index is -0.863. The van der Waals surface area contributed by atoms with E-state index in [0.29, 0.717) is 24.5 Å². The van der Waals surface area contributed by atoms with E-state index in [-0.39, 0.29) is 5.82 Å². The van der Waals surface area contributed by atoms with Gasteiger partial charge in [-0.3, -0.25) is 4.90 Å². The number of halogens is 1. The fraction of sp³-hybridized carbons (Fsp3) is 0.375. The number of nitrogens with zero attached hydrogens (tertiary/aromatic N) is 3. The molecule has 0 radical (unpaired) electrons. The lowest BCUT2D eigenvalue weighted by Gasteiger charge is -2.30. The average molecular weight is 303 g/mol. The van der Waals surface area contributed by atoms with E-state index in [4.69, 9.17) is 4.74 Å². The summed E-state index contributed by atoms with van der Waals surface area (Å²) in [6.07, 6.45) is 1.40. The summed E-state index contributed by atoms with van der Waals surface area (Å²) in [5.41, 5.74) is 2.24. The van der Waals surface area contributed by atoms with Crippen molar-refractivity contribution in [2.45, 2.75) is 19.1 Å².